The van der Waals surface area contributed by atoms with Crippen LogP contribution in [0.5, 0.6) is 17.2 Å². The standard InChI is InChI=1S/C18H23NO3/c1-13(15-6-5-7-16(10-15)20-2)19-12-14-8-17(21-3)11-18(9-14)22-4/h5-11,13,19H,12H2,1-4H3/t13-/m0/s1. The van der Waals surface area contributed by atoms with Gasteiger partial charge in [-0.05, 0) is 42.3 Å². The first-order valence-electron chi connectivity index (χ1n) is 7.25. The normalized spacial score (nSPS) is 11.8. The maximum Gasteiger partial charge on any atom is 0.122 e. The van der Waals surface area contributed by atoms with Crippen LogP contribution in [0.2, 0.25) is 0 Å². The van der Waals surface area contributed by atoms with E-state index in [1.807, 2.05) is 36.4 Å². The summed E-state index contributed by atoms with van der Waals surface area (Å²) in [5, 5.41) is 3.50. The predicted molar refractivity (Wildman–Crippen MR) is 87.8 cm³/mol. The van der Waals surface area contributed by atoms with Crippen LogP contribution in [0.1, 0.15) is 24.1 Å². The Morgan fingerprint density at radius 3 is 2.09 bits per heavy atom. The second kappa shape index (κ2) is 7.71. The Balaban J connectivity index is 2.05. The third-order valence-corrected chi connectivity index (χ3v) is 3.62. The summed E-state index contributed by atoms with van der Waals surface area (Å²) < 4.78 is 15.9. The summed E-state index contributed by atoms with van der Waals surface area (Å²) in [4.78, 5) is 0. The van der Waals surface area contributed by atoms with Crippen molar-refractivity contribution >= 4 is 0 Å². The molecule has 2 aromatic rings. The zero-order chi connectivity index (χ0) is 15.9. The van der Waals surface area contributed by atoms with Gasteiger partial charge in [0.1, 0.15) is 17.2 Å². The molecule has 1 atom stereocenters. The van der Waals surface area contributed by atoms with Gasteiger partial charge in [0.15, 0.2) is 0 Å². The van der Waals surface area contributed by atoms with Crippen molar-refractivity contribution in [1.82, 2.24) is 5.32 Å². The van der Waals surface area contributed by atoms with Crippen molar-refractivity contribution in [3.05, 3.63) is 53.6 Å². The molecule has 0 aliphatic heterocycles. The highest BCUT2D eigenvalue weighted by Gasteiger charge is 2.07. The number of methoxy groups -OCH3 is 3. The van der Waals surface area contributed by atoms with Crippen molar-refractivity contribution in [2.75, 3.05) is 21.3 Å². The third kappa shape index (κ3) is 4.15. The average molecular weight is 301 g/mol. The van der Waals surface area contributed by atoms with E-state index in [2.05, 4.69) is 18.3 Å². The van der Waals surface area contributed by atoms with Gasteiger partial charge in [0, 0.05) is 18.7 Å². The van der Waals surface area contributed by atoms with E-state index in [4.69, 9.17) is 14.2 Å². The van der Waals surface area contributed by atoms with Crippen LogP contribution in [0.15, 0.2) is 42.5 Å². The first kappa shape index (κ1) is 16.2. The quantitative estimate of drug-likeness (QED) is 0.849. The molecule has 2 aromatic carbocycles. The molecule has 0 fully saturated rings. The monoisotopic (exact) mass is 301 g/mol. The average Bonchev–Trinajstić information content (AvgIpc) is 2.59. The van der Waals surface area contributed by atoms with E-state index < -0.39 is 0 Å². The lowest BCUT2D eigenvalue weighted by atomic mass is 10.1. The minimum atomic E-state index is 0.215. The number of benzene rings is 2. The number of nitrogens with one attached hydrogen (secondary N) is 1. The first-order valence-corrected chi connectivity index (χ1v) is 7.25. The third-order valence-electron chi connectivity index (χ3n) is 3.62. The molecule has 4 nitrogen and oxygen atoms in total. The van der Waals surface area contributed by atoms with E-state index in [0.717, 1.165) is 29.4 Å². The Morgan fingerprint density at radius 2 is 1.50 bits per heavy atom. The van der Waals surface area contributed by atoms with Gasteiger partial charge in [0.25, 0.3) is 0 Å². The topological polar surface area (TPSA) is 39.7 Å². The van der Waals surface area contributed by atoms with Gasteiger partial charge in [0.2, 0.25) is 0 Å². The number of ether oxygens (including phenoxy) is 3. The summed E-state index contributed by atoms with van der Waals surface area (Å²) >= 11 is 0. The fourth-order valence-corrected chi connectivity index (χ4v) is 2.27. The molecule has 0 heterocycles. The first-order chi connectivity index (χ1) is 10.7. The molecule has 0 saturated carbocycles. The number of hydrogen-bond donors (Lipinski definition) is 1. The van der Waals surface area contributed by atoms with Crippen LogP contribution in [-0.2, 0) is 6.54 Å². The Labute approximate surface area is 132 Å². The Morgan fingerprint density at radius 1 is 0.864 bits per heavy atom. The molecular weight excluding hydrogens is 278 g/mol. The molecule has 0 aliphatic rings. The maximum absolute atomic E-state index is 5.29. The second-order valence-electron chi connectivity index (χ2n) is 5.10. The summed E-state index contributed by atoms with van der Waals surface area (Å²) in [7, 11) is 5.00. The summed E-state index contributed by atoms with van der Waals surface area (Å²) in [5.41, 5.74) is 2.31. The molecule has 4 heteroatoms. The van der Waals surface area contributed by atoms with Gasteiger partial charge in [-0.15, -0.1) is 0 Å². The van der Waals surface area contributed by atoms with Crippen LogP contribution in [0.3, 0.4) is 0 Å². The molecule has 0 bridgehead atoms. The van der Waals surface area contributed by atoms with Gasteiger partial charge in [0.05, 0.1) is 21.3 Å². The van der Waals surface area contributed by atoms with E-state index in [-0.39, 0.29) is 6.04 Å². The van der Waals surface area contributed by atoms with E-state index in [1.165, 1.54) is 5.56 Å². The molecule has 22 heavy (non-hydrogen) atoms. The lowest BCUT2D eigenvalue weighted by Gasteiger charge is -2.16. The predicted octanol–water partition coefficient (Wildman–Crippen LogP) is 3.56. The van der Waals surface area contributed by atoms with Gasteiger partial charge in [-0.1, -0.05) is 12.1 Å². The van der Waals surface area contributed by atoms with Gasteiger partial charge in [-0.25, -0.2) is 0 Å². The van der Waals surface area contributed by atoms with E-state index >= 15 is 0 Å². The van der Waals surface area contributed by atoms with E-state index in [9.17, 15) is 0 Å². The molecule has 1 N–H and O–H groups in total. The van der Waals surface area contributed by atoms with E-state index in [1.54, 1.807) is 21.3 Å². The smallest absolute Gasteiger partial charge is 0.122 e. The van der Waals surface area contributed by atoms with Gasteiger partial charge in [-0.3, -0.25) is 0 Å². The Kier molecular flexibility index (Phi) is 5.67. The van der Waals surface area contributed by atoms with Crippen molar-refractivity contribution in [2.45, 2.75) is 19.5 Å². The molecule has 0 aromatic heterocycles. The van der Waals surface area contributed by atoms with Crippen LogP contribution < -0.4 is 19.5 Å². The highest BCUT2D eigenvalue weighted by Crippen LogP contribution is 2.23. The highest BCUT2D eigenvalue weighted by atomic mass is 16.5. The van der Waals surface area contributed by atoms with Crippen LogP contribution in [0.4, 0.5) is 0 Å². The molecule has 2 rings (SSSR count). The molecule has 0 saturated heterocycles. The van der Waals surface area contributed by atoms with Crippen molar-refractivity contribution in [3.8, 4) is 17.2 Å². The minimum Gasteiger partial charge on any atom is -0.497 e. The SMILES string of the molecule is COc1cc(CN[C@@H](C)c2cccc(OC)c2)cc(OC)c1. The largest absolute Gasteiger partial charge is 0.497 e. The van der Waals surface area contributed by atoms with Crippen molar-refractivity contribution in [1.29, 1.82) is 0 Å². The zero-order valence-electron chi connectivity index (χ0n) is 13.6. The molecule has 118 valence electrons. The van der Waals surface area contributed by atoms with Gasteiger partial charge < -0.3 is 19.5 Å². The molecule has 0 aliphatic carbocycles. The maximum atomic E-state index is 5.29. The second-order valence-corrected chi connectivity index (χ2v) is 5.10. The number of rotatable bonds is 7. The van der Waals surface area contributed by atoms with Crippen molar-refractivity contribution in [2.24, 2.45) is 0 Å². The molecule has 0 unspecified atom stereocenters. The van der Waals surface area contributed by atoms with Crippen molar-refractivity contribution < 1.29 is 14.2 Å². The molecular formula is C18H23NO3. The summed E-state index contributed by atoms with van der Waals surface area (Å²) in [6.07, 6.45) is 0. The van der Waals surface area contributed by atoms with Crippen LogP contribution in [-0.4, -0.2) is 21.3 Å². The molecule has 0 amide bonds. The Hall–Kier alpha value is -2.20. The van der Waals surface area contributed by atoms with Gasteiger partial charge >= 0.3 is 0 Å². The fourth-order valence-electron chi connectivity index (χ4n) is 2.27. The van der Waals surface area contributed by atoms with Crippen LogP contribution in [0.25, 0.3) is 0 Å². The minimum absolute atomic E-state index is 0.215. The fraction of sp³-hybridized carbons (Fsp3) is 0.333. The van der Waals surface area contributed by atoms with E-state index in [0.29, 0.717) is 0 Å². The highest BCUT2D eigenvalue weighted by molar-refractivity contribution is 5.38. The summed E-state index contributed by atoms with van der Waals surface area (Å²) in [6.45, 7) is 2.86. The Bertz CT molecular complexity index is 591. The lowest BCUT2D eigenvalue weighted by Crippen LogP contribution is -2.18. The molecule has 0 spiro atoms. The number of hydrogen-bond acceptors (Lipinski definition) is 4. The van der Waals surface area contributed by atoms with Crippen LogP contribution in [0, 0.1) is 0 Å². The van der Waals surface area contributed by atoms with Crippen LogP contribution >= 0.6 is 0 Å². The van der Waals surface area contributed by atoms with Gasteiger partial charge in [-0.2, -0.15) is 0 Å². The molecule has 0 radical (unpaired) electrons. The lowest BCUT2D eigenvalue weighted by molar-refractivity contribution is 0.392. The summed E-state index contributed by atoms with van der Waals surface area (Å²) in [6, 6.07) is 14.2. The summed E-state index contributed by atoms with van der Waals surface area (Å²) in [5.74, 6) is 2.46. The van der Waals surface area contributed by atoms with Crippen molar-refractivity contribution in [3.63, 3.8) is 0 Å². The zero-order valence-corrected chi connectivity index (χ0v) is 13.6.